The molecule has 4 atom stereocenters. The molecular formula is C22H27N5O. The predicted octanol–water partition coefficient (Wildman–Crippen LogP) is 2.80. The highest BCUT2D eigenvalue weighted by atomic mass is 16.5. The summed E-state index contributed by atoms with van der Waals surface area (Å²) in [6.45, 7) is 5.33. The van der Waals surface area contributed by atoms with Crippen molar-refractivity contribution in [3.8, 4) is 5.69 Å². The van der Waals surface area contributed by atoms with E-state index in [-0.39, 0.29) is 0 Å². The van der Waals surface area contributed by atoms with E-state index in [1.165, 1.54) is 41.4 Å². The van der Waals surface area contributed by atoms with Gasteiger partial charge < -0.3 is 10.1 Å². The molecule has 6 nitrogen and oxygen atoms in total. The van der Waals surface area contributed by atoms with Crippen molar-refractivity contribution in [3.05, 3.63) is 41.9 Å². The number of fused-ring (bicyclic) bond motifs is 2. The van der Waals surface area contributed by atoms with Gasteiger partial charge in [-0.25, -0.2) is 4.68 Å². The number of hydrogen-bond acceptors (Lipinski definition) is 4. The van der Waals surface area contributed by atoms with Crippen molar-refractivity contribution >= 4 is 10.9 Å². The summed E-state index contributed by atoms with van der Waals surface area (Å²) in [5.74, 6) is 3.00. The van der Waals surface area contributed by atoms with Crippen molar-refractivity contribution in [1.82, 2.24) is 24.9 Å². The maximum absolute atomic E-state index is 5.47. The number of aryl methyl sites for hydroxylation is 2. The summed E-state index contributed by atoms with van der Waals surface area (Å²) in [6, 6.07) is 5.37. The summed E-state index contributed by atoms with van der Waals surface area (Å²) < 4.78 is 9.32. The Morgan fingerprint density at radius 1 is 1.11 bits per heavy atom. The van der Waals surface area contributed by atoms with Crippen LogP contribution in [0.15, 0.2) is 30.7 Å². The monoisotopic (exact) mass is 377 g/mol. The Morgan fingerprint density at radius 2 is 2.00 bits per heavy atom. The quantitative estimate of drug-likeness (QED) is 0.763. The number of ether oxygens (including phenoxy) is 1. The van der Waals surface area contributed by atoms with E-state index in [2.05, 4.69) is 34.6 Å². The average Bonchev–Trinajstić information content (AvgIpc) is 3.37. The van der Waals surface area contributed by atoms with Crippen LogP contribution in [0.25, 0.3) is 16.6 Å². The van der Waals surface area contributed by atoms with Gasteiger partial charge in [0, 0.05) is 24.4 Å². The van der Waals surface area contributed by atoms with Gasteiger partial charge in [0.05, 0.1) is 37.3 Å². The standard InChI is InChI=1S/C22H27N5O/c1-13-3-16-8-25-27(18-9-24-26(2)10-18)21(16)6-19(13)14-4-15-7-23-22(20(15)5-14)17-11-28-12-17/h3,6,8-10,14-15,17,20,22-23H,4-5,7,11-12H2,1-2H3/t14-,15+,20-,22+/m0/s1. The molecular weight excluding hydrogens is 350 g/mol. The average molecular weight is 377 g/mol. The van der Waals surface area contributed by atoms with Gasteiger partial charge in [0.15, 0.2) is 0 Å². The van der Waals surface area contributed by atoms with Crippen LogP contribution in [0.4, 0.5) is 0 Å². The van der Waals surface area contributed by atoms with Gasteiger partial charge in [-0.15, -0.1) is 0 Å². The zero-order valence-corrected chi connectivity index (χ0v) is 16.5. The maximum Gasteiger partial charge on any atom is 0.103 e. The van der Waals surface area contributed by atoms with Crippen LogP contribution >= 0.6 is 0 Å². The molecule has 2 aromatic heterocycles. The van der Waals surface area contributed by atoms with Crippen molar-refractivity contribution in [1.29, 1.82) is 0 Å². The molecule has 3 fully saturated rings. The van der Waals surface area contributed by atoms with Crippen LogP contribution in [0, 0.1) is 24.7 Å². The highest BCUT2D eigenvalue weighted by Crippen LogP contribution is 2.49. The third-order valence-corrected chi connectivity index (χ3v) is 7.33. The lowest BCUT2D eigenvalue weighted by atomic mass is 9.84. The molecule has 6 rings (SSSR count). The Kier molecular flexibility index (Phi) is 3.68. The van der Waals surface area contributed by atoms with Gasteiger partial charge in [0.2, 0.25) is 0 Å². The SMILES string of the molecule is Cc1cc2cnn(-c3cnn(C)c3)c2cc1[C@H]1C[C@@H]2CN[C@H](C3COC3)[C@H]2C1. The number of aromatic nitrogens is 4. The highest BCUT2D eigenvalue weighted by Gasteiger charge is 2.47. The second kappa shape index (κ2) is 6.16. The molecule has 2 aliphatic heterocycles. The van der Waals surface area contributed by atoms with Gasteiger partial charge in [-0.3, -0.25) is 4.68 Å². The molecule has 6 heteroatoms. The maximum atomic E-state index is 5.47. The van der Waals surface area contributed by atoms with E-state index in [9.17, 15) is 0 Å². The number of rotatable bonds is 3. The highest BCUT2D eigenvalue weighted by molar-refractivity contribution is 5.82. The Balaban J connectivity index is 1.34. The zero-order chi connectivity index (χ0) is 18.8. The summed E-state index contributed by atoms with van der Waals surface area (Å²) in [6.07, 6.45) is 8.46. The minimum atomic E-state index is 0.655. The summed E-state index contributed by atoms with van der Waals surface area (Å²) in [7, 11) is 1.94. The molecule has 1 saturated carbocycles. The van der Waals surface area contributed by atoms with Crippen molar-refractivity contribution in [2.45, 2.75) is 31.7 Å². The van der Waals surface area contributed by atoms with Crippen LogP contribution in [0.1, 0.15) is 29.9 Å². The van der Waals surface area contributed by atoms with Crippen LogP contribution in [0.2, 0.25) is 0 Å². The van der Waals surface area contributed by atoms with Gasteiger partial charge in [0.1, 0.15) is 5.69 Å². The minimum Gasteiger partial charge on any atom is -0.381 e. The second-order valence-corrected chi connectivity index (χ2v) is 9.02. The first-order valence-corrected chi connectivity index (χ1v) is 10.5. The van der Waals surface area contributed by atoms with Gasteiger partial charge >= 0.3 is 0 Å². The number of hydrogen-bond donors (Lipinski definition) is 1. The summed E-state index contributed by atoms with van der Waals surface area (Å²) in [4.78, 5) is 0. The van der Waals surface area contributed by atoms with Crippen LogP contribution in [0.5, 0.6) is 0 Å². The van der Waals surface area contributed by atoms with E-state index in [0.717, 1.165) is 36.7 Å². The first-order valence-electron chi connectivity index (χ1n) is 10.5. The van der Waals surface area contributed by atoms with Crippen LogP contribution in [0.3, 0.4) is 0 Å². The van der Waals surface area contributed by atoms with E-state index in [1.54, 1.807) is 0 Å². The lowest BCUT2D eigenvalue weighted by Crippen LogP contribution is -2.45. The Morgan fingerprint density at radius 3 is 2.75 bits per heavy atom. The molecule has 0 unspecified atom stereocenters. The zero-order valence-electron chi connectivity index (χ0n) is 16.5. The number of nitrogens with one attached hydrogen (secondary N) is 1. The third-order valence-electron chi connectivity index (χ3n) is 7.33. The lowest BCUT2D eigenvalue weighted by molar-refractivity contribution is -0.0541. The van der Waals surface area contributed by atoms with E-state index in [1.807, 2.05) is 35.0 Å². The first kappa shape index (κ1) is 16.7. The summed E-state index contributed by atoms with van der Waals surface area (Å²) in [5.41, 5.74) is 5.12. The fourth-order valence-corrected chi connectivity index (χ4v) is 5.87. The van der Waals surface area contributed by atoms with Gasteiger partial charge in [-0.1, -0.05) is 0 Å². The molecule has 0 bridgehead atoms. The van der Waals surface area contributed by atoms with Crippen molar-refractivity contribution < 1.29 is 4.74 Å². The fourth-order valence-electron chi connectivity index (χ4n) is 5.87. The Bertz CT molecular complexity index is 1030. The predicted molar refractivity (Wildman–Crippen MR) is 108 cm³/mol. The molecule has 2 saturated heterocycles. The number of benzene rings is 1. The molecule has 0 spiro atoms. The smallest absolute Gasteiger partial charge is 0.103 e. The van der Waals surface area contributed by atoms with E-state index in [0.29, 0.717) is 12.0 Å². The molecule has 28 heavy (non-hydrogen) atoms. The molecule has 4 heterocycles. The van der Waals surface area contributed by atoms with E-state index in [4.69, 9.17) is 4.74 Å². The van der Waals surface area contributed by atoms with Crippen molar-refractivity contribution in [3.63, 3.8) is 0 Å². The van der Waals surface area contributed by atoms with Crippen LogP contribution in [-0.2, 0) is 11.8 Å². The molecule has 1 aromatic carbocycles. The number of nitrogens with zero attached hydrogens (tertiary/aromatic N) is 4. The van der Waals surface area contributed by atoms with E-state index < -0.39 is 0 Å². The Hall–Kier alpha value is -2.18. The first-order chi connectivity index (χ1) is 13.7. The third kappa shape index (κ3) is 2.47. The van der Waals surface area contributed by atoms with Gasteiger partial charge in [0.25, 0.3) is 0 Å². The minimum absolute atomic E-state index is 0.655. The molecule has 1 aliphatic carbocycles. The van der Waals surface area contributed by atoms with Gasteiger partial charge in [-0.05, 0) is 67.3 Å². The van der Waals surface area contributed by atoms with Crippen molar-refractivity contribution in [2.75, 3.05) is 19.8 Å². The molecule has 0 radical (unpaired) electrons. The van der Waals surface area contributed by atoms with Crippen molar-refractivity contribution in [2.24, 2.45) is 24.8 Å². The molecule has 3 aromatic rings. The fraction of sp³-hybridized carbons (Fsp3) is 0.545. The second-order valence-electron chi connectivity index (χ2n) is 9.02. The van der Waals surface area contributed by atoms with Gasteiger partial charge in [-0.2, -0.15) is 10.2 Å². The molecule has 1 N–H and O–H groups in total. The normalized spacial score (nSPS) is 30.1. The molecule has 146 valence electrons. The van der Waals surface area contributed by atoms with Crippen LogP contribution in [-0.4, -0.2) is 45.4 Å². The molecule has 3 aliphatic rings. The largest absolute Gasteiger partial charge is 0.381 e. The van der Waals surface area contributed by atoms with E-state index >= 15 is 0 Å². The summed E-state index contributed by atoms with van der Waals surface area (Å²) in [5, 5.41) is 14.0. The topological polar surface area (TPSA) is 56.9 Å². The molecule has 0 amide bonds. The lowest BCUT2D eigenvalue weighted by Gasteiger charge is -2.35. The van der Waals surface area contributed by atoms with Crippen LogP contribution < -0.4 is 5.32 Å². The summed E-state index contributed by atoms with van der Waals surface area (Å²) >= 11 is 0. The Labute approximate surface area is 164 Å².